The number of amides is 1. The minimum Gasteiger partial charge on any atom is -0.493 e. The Morgan fingerprint density at radius 1 is 1.03 bits per heavy atom. The van der Waals surface area contributed by atoms with Crippen molar-refractivity contribution >= 4 is 23.1 Å². The van der Waals surface area contributed by atoms with Crippen molar-refractivity contribution in [3.8, 4) is 33.3 Å². The number of aryl methyl sites for hydroxylation is 1. The molecule has 3 heterocycles. The van der Waals surface area contributed by atoms with Crippen LogP contribution in [0.1, 0.15) is 24.1 Å². The zero-order chi connectivity index (χ0) is 27.2. The summed E-state index contributed by atoms with van der Waals surface area (Å²) in [6.45, 7) is 4.23. The van der Waals surface area contributed by atoms with Gasteiger partial charge >= 0.3 is 0 Å². The molecular weight excluding hydrogens is 510 g/mol. The average Bonchev–Trinajstić information content (AvgIpc) is 3.46. The topological polar surface area (TPSA) is 89.5 Å². The second kappa shape index (κ2) is 12.3. The van der Waals surface area contributed by atoms with Crippen LogP contribution in [-0.4, -0.2) is 54.9 Å². The molecule has 1 amide bonds. The summed E-state index contributed by atoms with van der Waals surface area (Å²) in [5.41, 5.74) is 5.10. The number of methoxy groups -OCH3 is 2. The number of thiazole rings is 1. The van der Waals surface area contributed by atoms with E-state index in [4.69, 9.17) is 14.5 Å². The van der Waals surface area contributed by atoms with Crippen LogP contribution in [0, 0.1) is 12.8 Å². The van der Waals surface area contributed by atoms with Crippen LogP contribution in [0.15, 0.2) is 60.0 Å². The van der Waals surface area contributed by atoms with Crippen LogP contribution in [0.4, 0.5) is 5.82 Å². The first kappa shape index (κ1) is 26.6. The number of hydrogen-bond acceptors (Lipinski definition) is 8. The van der Waals surface area contributed by atoms with E-state index in [-0.39, 0.29) is 11.8 Å². The molecule has 0 aliphatic carbocycles. The zero-order valence-corrected chi connectivity index (χ0v) is 23.3. The van der Waals surface area contributed by atoms with E-state index in [0.29, 0.717) is 24.5 Å². The van der Waals surface area contributed by atoms with Crippen molar-refractivity contribution < 1.29 is 14.3 Å². The van der Waals surface area contributed by atoms with Crippen LogP contribution < -0.4 is 19.7 Å². The van der Waals surface area contributed by atoms with E-state index in [9.17, 15) is 4.79 Å². The Bertz CT molecular complexity index is 1410. The Hall–Kier alpha value is -3.98. The van der Waals surface area contributed by atoms with Crippen molar-refractivity contribution in [2.75, 3.05) is 38.8 Å². The van der Waals surface area contributed by atoms with Crippen molar-refractivity contribution in [1.82, 2.24) is 20.5 Å². The van der Waals surface area contributed by atoms with E-state index < -0.39 is 0 Å². The first-order valence-corrected chi connectivity index (χ1v) is 14.0. The molecule has 1 aliphatic heterocycles. The quantitative estimate of drug-likeness (QED) is 0.312. The third-order valence-corrected chi connectivity index (χ3v) is 8.06. The molecule has 1 aliphatic rings. The van der Waals surface area contributed by atoms with Crippen LogP contribution in [0.25, 0.3) is 21.8 Å². The SMILES string of the molecule is COc1ccc(-c2nc(CCNC(=O)C3CCN(c4ccc(-c5ccccc5C)nn4)CC3)cs2)cc1OC. The molecule has 2 aromatic heterocycles. The number of aromatic nitrogens is 3. The molecule has 2 aromatic carbocycles. The molecule has 202 valence electrons. The number of piperidine rings is 1. The number of benzene rings is 2. The van der Waals surface area contributed by atoms with Crippen LogP contribution in [0.2, 0.25) is 0 Å². The van der Waals surface area contributed by atoms with Gasteiger partial charge in [0.1, 0.15) is 5.01 Å². The lowest BCUT2D eigenvalue weighted by molar-refractivity contribution is -0.125. The van der Waals surface area contributed by atoms with E-state index in [2.05, 4.69) is 39.5 Å². The highest BCUT2D eigenvalue weighted by Gasteiger charge is 2.25. The summed E-state index contributed by atoms with van der Waals surface area (Å²) in [5, 5.41) is 15.0. The first-order valence-electron chi connectivity index (χ1n) is 13.1. The summed E-state index contributed by atoms with van der Waals surface area (Å²) in [6.07, 6.45) is 2.29. The second-order valence-electron chi connectivity index (χ2n) is 9.61. The second-order valence-corrected chi connectivity index (χ2v) is 10.5. The summed E-state index contributed by atoms with van der Waals surface area (Å²) in [6, 6.07) is 18.0. The molecule has 0 saturated carbocycles. The molecule has 1 N–H and O–H groups in total. The molecule has 8 nitrogen and oxygen atoms in total. The fourth-order valence-electron chi connectivity index (χ4n) is 4.85. The van der Waals surface area contributed by atoms with Crippen molar-refractivity contribution in [3.63, 3.8) is 0 Å². The van der Waals surface area contributed by atoms with Gasteiger partial charge in [0.05, 0.1) is 25.6 Å². The summed E-state index contributed by atoms with van der Waals surface area (Å²) in [4.78, 5) is 19.8. The Kier molecular flexibility index (Phi) is 8.36. The van der Waals surface area contributed by atoms with E-state index >= 15 is 0 Å². The van der Waals surface area contributed by atoms with E-state index in [1.807, 2.05) is 47.8 Å². The molecule has 9 heteroatoms. The van der Waals surface area contributed by atoms with Crippen LogP contribution >= 0.6 is 11.3 Å². The summed E-state index contributed by atoms with van der Waals surface area (Å²) in [5.74, 6) is 2.36. The number of nitrogens with one attached hydrogen (secondary N) is 1. The minimum absolute atomic E-state index is 0.0122. The third-order valence-electron chi connectivity index (χ3n) is 7.12. The van der Waals surface area contributed by atoms with Gasteiger partial charge in [-0.2, -0.15) is 0 Å². The maximum absolute atomic E-state index is 12.8. The van der Waals surface area contributed by atoms with Crippen LogP contribution in [-0.2, 0) is 11.2 Å². The van der Waals surface area contributed by atoms with Gasteiger partial charge in [-0.15, -0.1) is 21.5 Å². The number of nitrogens with zero attached hydrogens (tertiary/aromatic N) is 4. The van der Waals surface area contributed by atoms with Gasteiger partial charge < -0.3 is 19.7 Å². The molecule has 5 rings (SSSR count). The Morgan fingerprint density at radius 2 is 1.82 bits per heavy atom. The van der Waals surface area contributed by atoms with Gasteiger partial charge in [0.2, 0.25) is 5.91 Å². The lowest BCUT2D eigenvalue weighted by Gasteiger charge is -2.31. The highest BCUT2D eigenvalue weighted by atomic mass is 32.1. The zero-order valence-electron chi connectivity index (χ0n) is 22.5. The molecule has 0 unspecified atom stereocenters. The molecule has 1 fully saturated rings. The number of anilines is 1. The van der Waals surface area contributed by atoms with E-state index in [1.54, 1.807) is 25.6 Å². The van der Waals surface area contributed by atoms with Gasteiger partial charge in [-0.25, -0.2) is 4.98 Å². The fourth-order valence-corrected chi connectivity index (χ4v) is 5.70. The molecule has 1 saturated heterocycles. The predicted octanol–water partition coefficient (Wildman–Crippen LogP) is 5.17. The normalized spacial score (nSPS) is 13.8. The Labute approximate surface area is 233 Å². The maximum atomic E-state index is 12.8. The number of carbonyl (C=O) groups is 1. The standard InChI is InChI=1S/C30H33N5O3S/c1-20-6-4-5-7-24(20)25-9-11-28(34-33-25)35-16-13-21(14-17-35)29(36)31-15-12-23-19-39-30(32-23)22-8-10-26(37-2)27(18-22)38-3/h4-11,18-19,21H,12-17H2,1-3H3,(H,31,36). The van der Waals surface area contributed by atoms with Crippen molar-refractivity contribution in [2.24, 2.45) is 5.92 Å². The van der Waals surface area contributed by atoms with Gasteiger partial charge in [0, 0.05) is 48.5 Å². The van der Waals surface area contributed by atoms with Gasteiger partial charge in [0.25, 0.3) is 0 Å². The van der Waals surface area contributed by atoms with E-state index in [1.165, 1.54) is 5.56 Å². The number of hydrogen-bond donors (Lipinski definition) is 1. The Morgan fingerprint density at radius 3 is 2.54 bits per heavy atom. The maximum Gasteiger partial charge on any atom is 0.223 e. The third kappa shape index (κ3) is 6.20. The minimum atomic E-state index is 0.0122. The lowest BCUT2D eigenvalue weighted by atomic mass is 9.96. The monoisotopic (exact) mass is 543 g/mol. The summed E-state index contributed by atoms with van der Waals surface area (Å²) in [7, 11) is 3.25. The van der Waals surface area contributed by atoms with Crippen molar-refractivity contribution in [3.05, 3.63) is 71.2 Å². The fraction of sp³-hybridized carbons (Fsp3) is 0.333. The molecule has 0 radical (unpaired) electrons. The van der Waals surface area contributed by atoms with Gasteiger partial charge in [-0.1, -0.05) is 24.3 Å². The molecule has 39 heavy (non-hydrogen) atoms. The van der Waals surface area contributed by atoms with Gasteiger partial charge in [-0.05, 0) is 55.7 Å². The number of carbonyl (C=O) groups excluding carboxylic acids is 1. The molecule has 0 bridgehead atoms. The van der Waals surface area contributed by atoms with E-state index in [0.717, 1.165) is 59.3 Å². The molecule has 0 atom stereocenters. The van der Waals surface area contributed by atoms with Gasteiger partial charge in [-0.3, -0.25) is 4.79 Å². The number of ether oxygens (including phenoxy) is 2. The van der Waals surface area contributed by atoms with Crippen LogP contribution in [0.3, 0.4) is 0 Å². The number of rotatable bonds is 9. The predicted molar refractivity (Wildman–Crippen MR) is 155 cm³/mol. The molecule has 4 aromatic rings. The van der Waals surface area contributed by atoms with Crippen molar-refractivity contribution in [1.29, 1.82) is 0 Å². The highest BCUT2D eigenvalue weighted by Crippen LogP contribution is 2.33. The molecule has 0 spiro atoms. The Balaban J connectivity index is 1.08. The average molecular weight is 544 g/mol. The van der Waals surface area contributed by atoms with Crippen molar-refractivity contribution in [2.45, 2.75) is 26.2 Å². The van der Waals surface area contributed by atoms with Crippen LogP contribution in [0.5, 0.6) is 11.5 Å². The lowest BCUT2D eigenvalue weighted by Crippen LogP contribution is -2.41. The highest BCUT2D eigenvalue weighted by molar-refractivity contribution is 7.13. The van der Waals surface area contributed by atoms with Gasteiger partial charge in [0.15, 0.2) is 17.3 Å². The smallest absolute Gasteiger partial charge is 0.223 e. The summed E-state index contributed by atoms with van der Waals surface area (Å²) < 4.78 is 10.7. The molecular formula is C30H33N5O3S. The summed E-state index contributed by atoms with van der Waals surface area (Å²) >= 11 is 1.58. The largest absolute Gasteiger partial charge is 0.493 e. The first-order chi connectivity index (χ1) is 19.1.